The maximum Gasteiger partial charge on any atom is 0.119 e. The van der Waals surface area contributed by atoms with Crippen LogP contribution in [0.25, 0.3) is 0 Å². The smallest absolute Gasteiger partial charge is 0.119 e. The van der Waals surface area contributed by atoms with Gasteiger partial charge in [-0.25, -0.2) is 0 Å². The number of methoxy groups -OCH3 is 2. The SMILES string of the molecule is COc1ccc(C(CNCc2cccc(OC)c2)N2CCOCC2)cc1. The highest BCUT2D eigenvalue weighted by Crippen LogP contribution is 2.24. The number of hydrogen-bond donors (Lipinski definition) is 1. The zero-order valence-corrected chi connectivity index (χ0v) is 15.6. The Hall–Kier alpha value is -2.08. The third-order valence-corrected chi connectivity index (χ3v) is 4.79. The third kappa shape index (κ3) is 4.97. The van der Waals surface area contributed by atoms with Crippen molar-refractivity contribution in [2.75, 3.05) is 47.1 Å². The van der Waals surface area contributed by atoms with E-state index in [0.717, 1.165) is 50.9 Å². The minimum Gasteiger partial charge on any atom is -0.497 e. The van der Waals surface area contributed by atoms with Crippen LogP contribution in [0.3, 0.4) is 0 Å². The fourth-order valence-electron chi connectivity index (χ4n) is 3.31. The molecule has 5 heteroatoms. The fourth-order valence-corrected chi connectivity index (χ4v) is 3.31. The molecule has 140 valence electrons. The molecule has 1 heterocycles. The molecule has 0 amide bonds. The van der Waals surface area contributed by atoms with Gasteiger partial charge < -0.3 is 19.5 Å². The monoisotopic (exact) mass is 356 g/mol. The first-order chi connectivity index (χ1) is 12.8. The summed E-state index contributed by atoms with van der Waals surface area (Å²) < 4.78 is 16.1. The lowest BCUT2D eigenvalue weighted by Crippen LogP contribution is -2.42. The van der Waals surface area contributed by atoms with Gasteiger partial charge in [0.05, 0.1) is 27.4 Å². The van der Waals surface area contributed by atoms with E-state index >= 15 is 0 Å². The Kier molecular flexibility index (Phi) is 6.89. The molecule has 0 aromatic heterocycles. The molecule has 1 aliphatic rings. The lowest BCUT2D eigenvalue weighted by molar-refractivity contribution is 0.0161. The van der Waals surface area contributed by atoms with Crippen molar-refractivity contribution in [2.24, 2.45) is 0 Å². The minimum atomic E-state index is 0.315. The average molecular weight is 356 g/mol. The third-order valence-electron chi connectivity index (χ3n) is 4.79. The van der Waals surface area contributed by atoms with Crippen molar-refractivity contribution in [3.05, 3.63) is 59.7 Å². The topological polar surface area (TPSA) is 43.0 Å². The molecule has 1 aliphatic heterocycles. The summed E-state index contributed by atoms with van der Waals surface area (Å²) in [5.74, 6) is 1.78. The van der Waals surface area contributed by atoms with Gasteiger partial charge in [0, 0.05) is 32.2 Å². The van der Waals surface area contributed by atoms with E-state index in [1.807, 2.05) is 24.3 Å². The number of hydrogen-bond acceptors (Lipinski definition) is 5. The van der Waals surface area contributed by atoms with Crippen LogP contribution in [-0.4, -0.2) is 52.0 Å². The fraction of sp³-hybridized carbons (Fsp3) is 0.429. The Balaban J connectivity index is 1.66. The summed E-state index contributed by atoms with van der Waals surface area (Å²) in [5.41, 5.74) is 2.52. The Morgan fingerprint density at radius 1 is 1.00 bits per heavy atom. The van der Waals surface area contributed by atoms with E-state index in [4.69, 9.17) is 14.2 Å². The molecule has 0 radical (unpaired) electrons. The molecule has 1 saturated heterocycles. The molecule has 26 heavy (non-hydrogen) atoms. The second-order valence-electron chi connectivity index (χ2n) is 6.42. The van der Waals surface area contributed by atoms with Gasteiger partial charge in [0.2, 0.25) is 0 Å². The van der Waals surface area contributed by atoms with Crippen molar-refractivity contribution >= 4 is 0 Å². The van der Waals surface area contributed by atoms with Crippen LogP contribution < -0.4 is 14.8 Å². The van der Waals surface area contributed by atoms with Crippen molar-refractivity contribution in [3.63, 3.8) is 0 Å². The first kappa shape index (κ1) is 18.7. The number of nitrogens with one attached hydrogen (secondary N) is 1. The van der Waals surface area contributed by atoms with Crippen molar-refractivity contribution in [2.45, 2.75) is 12.6 Å². The minimum absolute atomic E-state index is 0.315. The maximum atomic E-state index is 5.53. The van der Waals surface area contributed by atoms with Gasteiger partial charge in [-0.3, -0.25) is 4.90 Å². The molecule has 0 spiro atoms. The molecule has 1 unspecified atom stereocenters. The summed E-state index contributed by atoms with van der Waals surface area (Å²) in [6, 6.07) is 16.9. The summed E-state index contributed by atoms with van der Waals surface area (Å²) in [7, 11) is 3.40. The van der Waals surface area contributed by atoms with Gasteiger partial charge in [0.25, 0.3) is 0 Å². The quantitative estimate of drug-likeness (QED) is 0.788. The predicted octanol–water partition coefficient (Wildman–Crippen LogP) is 2.87. The first-order valence-corrected chi connectivity index (χ1v) is 9.09. The molecule has 5 nitrogen and oxygen atoms in total. The van der Waals surface area contributed by atoms with E-state index < -0.39 is 0 Å². The van der Waals surface area contributed by atoms with Crippen LogP contribution in [0.2, 0.25) is 0 Å². The summed E-state index contributed by atoms with van der Waals surface area (Å²) in [4.78, 5) is 2.49. The highest BCUT2D eigenvalue weighted by molar-refractivity contribution is 5.30. The van der Waals surface area contributed by atoms with Gasteiger partial charge in [-0.05, 0) is 35.4 Å². The summed E-state index contributed by atoms with van der Waals surface area (Å²) >= 11 is 0. The van der Waals surface area contributed by atoms with E-state index in [0.29, 0.717) is 6.04 Å². The molecule has 2 aromatic carbocycles. The van der Waals surface area contributed by atoms with Crippen LogP contribution >= 0.6 is 0 Å². The van der Waals surface area contributed by atoms with Gasteiger partial charge in [-0.2, -0.15) is 0 Å². The van der Waals surface area contributed by atoms with Crippen LogP contribution in [0.1, 0.15) is 17.2 Å². The second kappa shape index (κ2) is 9.57. The maximum absolute atomic E-state index is 5.53. The normalized spacial score (nSPS) is 16.2. The summed E-state index contributed by atoms with van der Waals surface area (Å²) in [6.07, 6.45) is 0. The molecule has 3 rings (SSSR count). The number of morpholine rings is 1. The zero-order chi connectivity index (χ0) is 18.2. The number of ether oxygens (including phenoxy) is 3. The van der Waals surface area contributed by atoms with E-state index in [-0.39, 0.29) is 0 Å². The van der Waals surface area contributed by atoms with Crippen molar-refractivity contribution in [1.82, 2.24) is 10.2 Å². The molecule has 1 atom stereocenters. The number of rotatable bonds is 8. The van der Waals surface area contributed by atoms with Crippen molar-refractivity contribution in [1.29, 1.82) is 0 Å². The Bertz CT molecular complexity index is 669. The molecule has 0 bridgehead atoms. The molecule has 0 saturated carbocycles. The summed E-state index contributed by atoms with van der Waals surface area (Å²) in [5, 5.41) is 3.61. The Morgan fingerprint density at radius 2 is 1.73 bits per heavy atom. The van der Waals surface area contributed by atoms with Crippen LogP contribution in [0.5, 0.6) is 11.5 Å². The lowest BCUT2D eigenvalue weighted by atomic mass is 10.0. The van der Waals surface area contributed by atoms with Crippen LogP contribution in [0.15, 0.2) is 48.5 Å². The molecule has 0 aliphatic carbocycles. The lowest BCUT2D eigenvalue weighted by Gasteiger charge is -2.35. The zero-order valence-electron chi connectivity index (χ0n) is 15.6. The van der Waals surface area contributed by atoms with Gasteiger partial charge in [0.1, 0.15) is 11.5 Å². The van der Waals surface area contributed by atoms with Gasteiger partial charge in [-0.1, -0.05) is 24.3 Å². The van der Waals surface area contributed by atoms with E-state index in [1.165, 1.54) is 11.1 Å². The van der Waals surface area contributed by atoms with Gasteiger partial charge >= 0.3 is 0 Å². The van der Waals surface area contributed by atoms with Crippen molar-refractivity contribution in [3.8, 4) is 11.5 Å². The predicted molar refractivity (Wildman–Crippen MR) is 103 cm³/mol. The van der Waals surface area contributed by atoms with Gasteiger partial charge in [-0.15, -0.1) is 0 Å². The average Bonchev–Trinajstić information content (AvgIpc) is 2.72. The van der Waals surface area contributed by atoms with Crippen LogP contribution in [0, 0.1) is 0 Å². The van der Waals surface area contributed by atoms with E-state index in [1.54, 1.807) is 14.2 Å². The van der Waals surface area contributed by atoms with E-state index in [9.17, 15) is 0 Å². The molecule has 1 N–H and O–H groups in total. The molecule has 1 fully saturated rings. The largest absolute Gasteiger partial charge is 0.497 e. The van der Waals surface area contributed by atoms with E-state index in [2.05, 4.69) is 34.5 Å². The van der Waals surface area contributed by atoms with Crippen molar-refractivity contribution < 1.29 is 14.2 Å². The Morgan fingerprint density at radius 3 is 2.42 bits per heavy atom. The van der Waals surface area contributed by atoms with Gasteiger partial charge in [0.15, 0.2) is 0 Å². The number of nitrogens with zero attached hydrogens (tertiary/aromatic N) is 1. The Labute approximate surface area is 155 Å². The second-order valence-corrected chi connectivity index (χ2v) is 6.42. The first-order valence-electron chi connectivity index (χ1n) is 9.09. The highest BCUT2D eigenvalue weighted by Gasteiger charge is 2.22. The summed E-state index contributed by atoms with van der Waals surface area (Å²) in [6.45, 7) is 5.19. The highest BCUT2D eigenvalue weighted by atomic mass is 16.5. The van der Waals surface area contributed by atoms with Crippen LogP contribution in [-0.2, 0) is 11.3 Å². The molecular weight excluding hydrogens is 328 g/mol. The van der Waals surface area contributed by atoms with Crippen LogP contribution in [0.4, 0.5) is 0 Å². The molecular formula is C21H28N2O3. The number of benzene rings is 2. The molecule has 2 aromatic rings. The standard InChI is InChI=1S/C21H28N2O3/c1-24-19-8-6-18(7-9-19)21(23-10-12-26-13-11-23)16-22-15-17-4-3-5-20(14-17)25-2/h3-9,14,21-22H,10-13,15-16H2,1-2H3.